The van der Waals surface area contributed by atoms with Crippen molar-refractivity contribution in [3.8, 4) is 0 Å². The number of hydrogen-bond donors (Lipinski definition) is 0. The molecule has 0 aliphatic carbocycles. The van der Waals surface area contributed by atoms with Gasteiger partial charge < -0.3 is 4.74 Å². The lowest BCUT2D eigenvalue weighted by Crippen LogP contribution is -2.06. The lowest BCUT2D eigenvalue weighted by atomic mass is 10.3. The van der Waals surface area contributed by atoms with Gasteiger partial charge in [0.15, 0.2) is 0 Å². The highest BCUT2D eigenvalue weighted by Crippen LogP contribution is 2.28. The normalized spacial score (nSPS) is 13.0. The van der Waals surface area contributed by atoms with Crippen LogP contribution in [-0.2, 0) is 9.53 Å². The molecule has 0 unspecified atom stereocenters. The van der Waals surface area contributed by atoms with Crippen LogP contribution >= 0.6 is 34.8 Å². The highest BCUT2D eigenvalue weighted by Gasteiger charge is 2.18. The summed E-state index contributed by atoms with van der Waals surface area (Å²) in [6, 6.07) is 0. The molecule has 0 aromatic heterocycles. The number of hydrogen-bond acceptors (Lipinski definition) is 2. The molecule has 0 aromatic carbocycles. The largest absolute Gasteiger partial charge is 0.466 e. The molecule has 5 heteroatoms. The van der Waals surface area contributed by atoms with E-state index in [0.29, 0.717) is 0 Å². The van der Waals surface area contributed by atoms with Gasteiger partial charge in [0.2, 0.25) is 3.79 Å². The summed E-state index contributed by atoms with van der Waals surface area (Å²) in [5.74, 6) is -0.503. The predicted molar refractivity (Wildman–Crippen MR) is 46.1 cm³/mol. The Morgan fingerprint density at radius 1 is 1.45 bits per heavy atom. The van der Waals surface area contributed by atoms with Crippen molar-refractivity contribution in [1.29, 1.82) is 0 Å². The Morgan fingerprint density at radius 3 is 2.18 bits per heavy atom. The molecule has 0 saturated heterocycles. The molecule has 0 aliphatic rings. The van der Waals surface area contributed by atoms with Crippen LogP contribution in [0.25, 0.3) is 0 Å². The van der Waals surface area contributed by atoms with E-state index in [2.05, 4.69) is 4.74 Å². The molecule has 0 heterocycles. The van der Waals surface area contributed by atoms with Crippen LogP contribution in [-0.4, -0.2) is 16.9 Å². The zero-order chi connectivity index (χ0) is 9.07. The first kappa shape index (κ1) is 11.1. The Bertz CT molecular complexity index is 181. The number of halogens is 3. The van der Waals surface area contributed by atoms with E-state index in [-0.39, 0.29) is 5.57 Å². The molecular weight excluding hydrogens is 210 g/mol. The summed E-state index contributed by atoms with van der Waals surface area (Å²) in [5, 5.41) is 0. The first-order valence-electron chi connectivity index (χ1n) is 2.71. The molecule has 0 aliphatic heterocycles. The minimum absolute atomic E-state index is 0.271. The Balaban J connectivity index is 4.34. The van der Waals surface area contributed by atoms with Crippen molar-refractivity contribution in [1.82, 2.24) is 0 Å². The van der Waals surface area contributed by atoms with Crippen LogP contribution in [0.1, 0.15) is 6.92 Å². The van der Waals surface area contributed by atoms with Crippen LogP contribution in [0.3, 0.4) is 0 Å². The molecular formula is C6H7Cl3O2. The number of alkyl halides is 3. The van der Waals surface area contributed by atoms with Gasteiger partial charge in [-0.25, -0.2) is 4.79 Å². The minimum Gasteiger partial charge on any atom is -0.466 e. The maximum Gasteiger partial charge on any atom is 0.333 e. The Labute approximate surface area is 80.1 Å². The van der Waals surface area contributed by atoms with Crippen molar-refractivity contribution in [2.75, 3.05) is 7.11 Å². The van der Waals surface area contributed by atoms with Gasteiger partial charge in [-0.3, -0.25) is 0 Å². The number of allylic oxidation sites excluding steroid dienone is 1. The van der Waals surface area contributed by atoms with Crippen molar-refractivity contribution in [2.45, 2.75) is 10.7 Å². The summed E-state index contributed by atoms with van der Waals surface area (Å²) in [7, 11) is 1.26. The van der Waals surface area contributed by atoms with Gasteiger partial charge in [-0.05, 0) is 13.0 Å². The zero-order valence-corrected chi connectivity index (χ0v) is 8.30. The van der Waals surface area contributed by atoms with Crippen molar-refractivity contribution in [2.24, 2.45) is 0 Å². The Kier molecular flexibility index (Phi) is 4.22. The third-order valence-electron chi connectivity index (χ3n) is 0.888. The molecule has 0 bridgehead atoms. The van der Waals surface area contributed by atoms with Gasteiger partial charge in [-0.1, -0.05) is 34.8 Å². The Hall–Kier alpha value is 0.0800. The third kappa shape index (κ3) is 5.36. The third-order valence-corrected chi connectivity index (χ3v) is 1.21. The summed E-state index contributed by atoms with van der Waals surface area (Å²) >= 11 is 16.1. The number of rotatable bonds is 1. The number of esters is 1. The van der Waals surface area contributed by atoms with Gasteiger partial charge in [0.1, 0.15) is 0 Å². The fraction of sp³-hybridized carbons (Fsp3) is 0.500. The standard InChI is InChI=1S/C6H7Cl3O2/c1-4(5(10)11-2)3-6(7,8)9/h3H,1-2H3. The molecule has 2 nitrogen and oxygen atoms in total. The highest BCUT2D eigenvalue weighted by molar-refractivity contribution is 6.69. The molecule has 64 valence electrons. The summed E-state index contributed by atoms with van der Waals surface area (Å²) in [6.45, 7) is 1.51. The Morgan fingerprint density at radius 2 is 1.91 bits per heavy atom. The number of carbonyl (C=O) groups is 1. The first-order valence-corrected chi connectivity index (χ1v) is 3.84. The molecule has 0 fully saturated rings. The van der Waals surface area contributed by atoms with E-state index < -0.39 is 9.76 Å². The van der Waals surface area contributed by atoms with Crippen molar-refractivity contribution in [3.05, 3.63) is 11.6 Å². The van der Waals surface area contributed by atoms with Crippen LogP contribution in [0, 0.1) is 0 Å². The SMILES string of the molecule is COC(=O)C(C)=CC(Cl)(Cl)Cl. The van der Waals surface area contributed by atoms with Gasteiger partial charge in [-0.15, -0.1) is 0 Å². The summed E-state index contributed by atoms with van der Waals surface area (Å²) in [5.41, 5.74) is 0.271. The first-order chi connectivity index (χ1) is 4.87. The van der Waals surface area contributed by atoms with Crippen LogP contribution in [0.15, 0.2) is 11.6 Å². The number of methoxy groups -OCH3 is 1. The second-order valence-corrected chi connectivity index (χ2v) is 4.23. The van der Waals surface area contributed by atoms with E-state index in [1.54, 1.807) is 0 Å². The topological polar surface area (TPSA) is 26.3 Å². The summed E-state index contributed by atoms with van der Waals surface area (Å²) in [4.78, 5) is 10.7. The maximum atomic E-state index is 10.7. The summed E-state index contributed by atoms with van der Waals surface area (Å²) < 4.78 is 2.83. The molecule has 0 atom stereocenters. The fourth-order valence-corrected chi connectivity index (χ4v) is 0.956. The van der Waals surface area contributed by atoms with E-state index in [4.69, 9.17) is 34.8 Å². The van der Waals surface area contributed by atoms with E-state index in [1.165, 1.54) is 20.1 Å². The lowest BCUT2D eigenvalue weighted by Gasteiger charge is -2.05. The smallest absolute Gasteiger partial charge is 0.333 e. The molecule has 11 heavy (non-hydrogen) atoms. The van der Waals surface area contributed by atoms with Gasteiger partial charge in [0.05, 0.1) is 7.11 Å². The average molecular weight is 217 g/mol. The van der Waals surface area contributed by atoms with Gasteiger partial charge in [0, 0.05) is 5.57 Å². The van der Waals surface area contributed by atoms with E-state index in [9.17, 15) is 4.79 Å². The van der Waals surface area contributed by atoms with Gasteiger partial charge in [-0.2, -0.15) is 0 Å². The molecule has 0 saturated carbocycles. The van der Waals surface area contributed by atoms with Crippen LogP contribution in [0.5, 0.6) is 0 Å². The number of ether oxygens (including phenoxy) is 1. The molecule has 0 aromatic rings. The van der Waals surface area contributed by atoms with Crippen molar-refractivity contribution in [3.63, 3.8) is 0 Å². The van der Waals surface area contributed by atoms with Gasteiger partial charge >= 0.3 is 5.97 Å². The molecule has 0 N–H and O–H groups in total. The summed E-state index contributed by atoms with van der Waals surface area (Å²) in [6.07, 6.45) is 1.20. The minimum atomic E-state index is -1.54. The van der Waals surface area contributed by atoms with Crippen molar-refractivity contribution >= 4 is 40.8 Å². The number of carbonyl (C=O) groups excluding carboxylic acids is 1. The van der Waals surface area contributed by atoms with Gasteiger partial charge in [0.25, 0.3) is 0 Å². The van der Waals surface area contributed by atoms with E-state index in [0.717, 1.165) is 0 Å². The van der Waals surface area contributed by atoms with Crippen LogP contribution < -0.4 is 0 Å². The van der Waals surface area contributed by atoms with E-state index in [1.807, 2.05) is 0 Å². The van der Waals surface area contributed by atoms with E-state index >= 15 is 0 Å². The highest BCUT2D eigenvalue weighted by atomic mass is 35.6. The monoisotopic (exact) mass is 216 g/mol. The second kappa shape index (κ2) is 4.19. The maximum absolute atomic E-state index is 10.7. The van der Waals surface area contributed by atoms with Crippen molar-refractivity contribution < 1.29 is 9.53 Å². The second-order valence-electron chi connectivity index (χ2n) is 1.86. The van der Waals surface area contributed by atoms with Crippen LogP contribution in [0.2, 0.25) is 0 Å². The molecule has 0 rings (SSSR count). The predicted octanol–water partition coefficient (Wildman–Crippen LogP) is 2.48. The lowest BCUT2D eigenvalue weighted by molar-refractivity contribution is -0.136. The molecule has 0 radical (unpaired) electrons. The quantitative estimate of drug-likeness (QED) is 0.383. The molecule has 0 spiro atoms. The van der Waals surface area contributed by atoms with Crippen LogP contribution in [0.4, 0.5) is 0 Å². The average Bonchev–Trinajstić information content (AvgIpc) is 1.82. The molecule has 0 amide bonds. The fourth-order valence-electron chi connectivity index (χ4n) is 0.465. The zero-order valence-electron chi connectivity index (χ0n) is 6.03.